The number of sulfonamides is 1. The molecule has 1 N–H and O–H groups in total. The van der Waals surface area contributed by atoms with Gasteiger partial charge in [0, 0.05) is 18.5 Å². The van der Waals surface area contributed by atoms with Crippen LogP contribution >= 0.6 is 0 Å². The zero-order valence-corrected chi connectivity index (χ0v) is 23.8. The minimum absolute atomic E-state index is 0.0143. The van der Waals surface area contributed by atoms with Crippen LogP contribution in [0.25, 0.3) is 0 Å². The Hall–Kier alpha value is -3.72. The lowest BCUT2D eigenvalue weighted by molar-refractivity contribution is -0.140. The largest absolute Gasteiger partial charge is 0.350 e. The molecular formula is C30H36FN3O4S. The molecule has 0 heterocycles. The second-order valence-electron chi connectivity index (χ2n) is 10.6. The summed E-state index contributed by atoms with van der Waals surface area (Å²) in [5.74, 6) is -1.35. The third kappa shape index (κ3) is 8.64. The van der Waals surface area contributed by atoms with Crippen LogP contribution in [0.15, 0.2) is 78.9 Å². The average molecular weight is 554 g/mol. The molecule has 3 aromatic rings. The van der Waals surface area contributed by atoms with Crippen LogP contribution in [0.5, 0.6) is 0 Å². The van der Waals surface area contributed by atoms with Crippen LogP contribution in [0.4, 0.5) is 10.1 Å². The zero-order chi connectivity index (χ0) is 28.8. The van der Waals surface area contributed by atoms with Crippen molar-refractivity contribution in [1.82, 2.24) is 10.2 Å². The van der Waals surface area contributed by atoms with Crippen LogP contribution in [0.2, 0.25) is 0 Å². The molecule has 0 fully saturated rings. The van der Waals surface area contributed by atoms with Crippen LogP contribution in [-0.4, -0.2) is 49.5 Å². The molecule has 0 saturated heterocycles. The first-order chi connectivity index (χ1) is 18.2. The Morgan fingerprint density at radius 1 is 0.897 bits per heavy atom. The van der Waals surface area contributed by atoms with Crippen LogP contribution < -0.4 is 9.62 Å². The third-order valence-corrected chi connectivity index (χ3v) is 7.23. The van der Waals surface area contributed by atoms with E-state index in [2.05, 4.69) is 5.32 Å². The molecule has 2 amide bonds. The Balaban J connectivity index is 2.08. The number of carbonyl (C=O) groups excluding carboxylic acids is 2. The van der Waals surface area contributed by atoms with Crippen molar-refractivity contribution in [1.29, 1.82) is 0 Å². The Kier molecular flexibility index (Phi) is 9.50. The van der Waals surface area contributed by atoms with Gasteiger partial charge in [-0.25, -0.2) is 12.8 Å². The van der Waals surface area contributed by atoms with Crippen LogP contribution in [-0.2, 0) is 32.6 Å². The number of nitrogens with zero attached hydrogens (tertiary/aromatic N) is 2. The highest BCUT2D eigenvalue weighted by Gasteiger charge is 2.34. The molecule has 1 atom stereocenters. The van der Waals surface area contributed by atoms with E-state index >= 15 is 0 Å². The molecule has 3 rings (SSSR count). The van der Waals surface area contributed by atoms with Gasteiger partial charge in [0.05, 0.1) is 11.9 Å². The van der Waals surface area contributed by atoms with E-state index in [1.165, 1.54) is 17.0 Å². The fourth-order valence-electron chi connectivity index (χ4n) is 4.23. The minimum atomic E-state index is -3.85. The zero-order valence-electron chi connectivity index (χ0n) is 23.0. The Morgan fingerprint density at radius 3 is 2.05 bits per heavy atom. The number of nitrogens with one attached hydrogen (secondary N) is 1. The van der Waals surface area contributed by atoms with Crippen LogP contribution in [0.1, 0.15) is 37.5 Å². The van der Waals surface area contributed by atoms with Gasteiger partial charge in [0.15, 0.2) is 0 Å². The highest BCUT2D eigenvalue weighted by atomic mass is 32.2. The average Bonchev–Trinajstić information content (AvgIpc) is 2.85. The standard InChI is InChI=1S/C30H36FN3O4S/c1-22-11-9-10-14-26(22)34(39(5,37)38)21-28(35)33(20-24-15-17-25(31)18-16-24)27(29(36)32-30(2,3)4)19-23-12-7-6-8-13-23/h6-18,27H,19-21H2,1-5H3,(H,32,36)/t27-/m0/s1. The summed E-state index contributed by atoms with van der Waals surface area (Å²) in [7, 11) is -3.85. The van der Waals surface area contributed by atoms with E-state index < -0.39 is 39.9 Å². The van der Waals surface area contributed by atoms with E-state index in [4.69, 9.17) is 0 Å². The summed E-state index contributed by atoms with van der Waals surface area (Å²) in [6.07, 6.45) is 1.25. The van der Waals surface area contributed by atoms with Gasteiger partial charge in [0.2, 0.25) is 21.8 Å². The molecular weight excluding hydrogens is 517 g/mol. The predicted molar refractivity (Wildman–Crippen MR) is 152 cm³/mol. The summed E-state index contributed by atoms with van der Waals surface area (Å²) in [4.78, 5) is 29.1. The van der Waals surface area contributed by atoms with Gasteiger partial charge in [-0.1, -0.05) is 60.7 Å². The summed E-state index contributed by atoms with van der Waals surface area (Å²) >= 11 is 0. The third-order valence-electron chi connectivity index (χ3n) is 6.10. The molecule has 208 valence electrons. The van der Waals surface area contributed by atoms with Crippen molar-refractivity contribution < 1.29 is 22.4 Å². The maximum absolute atomic E-state index is 14.0. The molecule has 0 spiro atoms. The number of halogens is 1. The molecule has 0 aliphatic rings. The molecule has 7 nitrogen and oxygen atoms in total. The Labute approximate surface area is 230 Å². The molecule has 0 bridgehead atoms. The summed E-state index contributed by atoms with van der Waals surface area (Å²) in [5.41, 5.74) is 1.94. The number of aryl methyl sites for hydroxylation is 1. The predicted octanol–water partition coefficient (Wildman–Crippen LogP) is 4.45. The summed E-state index contributed by atoms with van der Waals surface area (Å²) in [6.45, 7) is 6.79. The molecule has 0 aromatic heterocycles. The van der Waals surface area contributed by atoms with Gasteiger partial charge in [-0.15, -0.1) is 0 Å². The summed E-state index contributed by atoms with van der Waals surface area (Å²) in [6, 6.07) is 20.9. The topological polar surface area (TPSA) is 86.8 Å². The van der Waals surface area contributed by atoms with Gasteiger partial charge in [-0.3, -0.25) is 13.9 Å². The van der Waals surface area contributed by atoms with Crippen molar-refractivity contribution in [3.63, 3.8) is 0 Å². The quantitative estimate of drug-likeness (QED) is 0.402. The maximum atomic E-state index is 14.0. The molecule has 0 unspecified atom stereocenters. The molecule has 0 radical (unpaired) electrons. The lowest BCUT2D eigenvalue weighted by atomic mass is 10.0. The first-order valence-corrected chi connectivity index (χ1v) is 14.5. The van der Waals surface area contributed by atoms with Crippen molar-refractivity contribution in [3.8, 4) is 0 Å². The van der Waals surface area contributed by atoms with E-state index in [-0.39, 0.29) is 18.9 Å². The molecule has 0 saturated carbocycles. The smallest absolute Gasteiger partial charge is 0.244 e. The van der Waals surface area contributed by atoms with Gasteiger partial charge in [-0.05, 0) is 62.6 Å². The van der Waals surface area contributed by atoms with Crippen LogP contribution in [0.3, 0.4) is 0 Å². The van der Waals surface area contributed by atoms with E-state index in [0.717, 1.165) is 16.1 Å². The van der Waals surface area contributed by atoms with Gasteiger partial charge < -0.3 is 10.2 Å². The van der Waals surface area contributed by atoms with Crippen molar-refractivity contribution in [2.24, 2.45) is 0 Å². The normalized spacial score (nSPS) is 12.5. The summed E-state index contributed by atoms with van der Waals surface area (Å²) in [5, 5.41) is 2.97. The van der Waals surface area contributed by atoms with Crippen LogP contribution in [0, 0.1) is 12.7 Å². The second kappa shape index (κ2) is 12.4. The highest BCUT2D eigenvalue weighted by molar-refractivity contribution is 7.92. The SMILES string of the molecule is Cc1ccccc1N(CC(=O)N(Cc1ccc(F)cc1)[C@@H](Cc1ccccc1)C(=O)NC(C)(C)C)S(C)(=O)=O. The van der Waals surface area contributed by atoms with E-state index in [9.17, 15) is 22.4 Å². The first-order valence-electron chi connectivity index (χ1n) is 12.7. The van der Waals surface area contributed by atoms with Crippen molar-refractivity contribution >= 4 is 27.5 Å². The Bertz CT molecular complexity index is 1390. The fraction of sp³-hybridized carbons (Fsp3) is 0.333. The number of benzene rings is 3. The molecule has 0 aliphatic heterocycles. The van der Waals surface area contributed by atoms with Crippen molar-refractivity contribution in [2.75, 3.05) is 17.1 Å². The number of hydrogen-bond acceptors (Lipinski definition) is 4. The van der Waals surface area contributed by atoms with Gasteiger partial charge in [0.1, 0.15) is 18.4 Å². The van der Waals surface area contributed by atoms with E-state index in [1.807, 2.05) is 51.1 Å². The molecule has 9 heteroatoms. The lowest BCUT2D eigenvalue weighted by Gasteiger charge is -2.35. The monoisotopic (exact) mass is 553 g/mol. The fourth-order valence-corrected chi connectivity index (χ4v) is 5.14. The Morgan fingerprint density at radius 2 is 1.49 bits per heavy atom. The number of hydrogen-bond donors (Lipinski definition) is 1. The van der Waals surface area contributed by atoms with Gasteiger partial charge >= 0.3 is 0 Å². The highest BCUT2D eigenvalue weighted by Crippen LogP contribution is 2.23. The van der Waals surface area contributed by atoms with E-state index in [0.29, 0.717) is 16.8 Å². The van der Waals surface area contributed by atoms with Gasteiger partial charge in [-0.2, -0.15) is 0 Å². The number of carbonyl (C=O) groups is 2. The number of rotatable bonds is 10. The van der Waals surface area contributed by atoms with Crippen molar-refractivity contribution in [3.05, 3.63) is 101 Å². The molecule has 39 heavy (non-hydrogen) atoms. The number of amides is 2. The number of anilines is 1. The van der Waals surface area contributed by atoms with E-state index in [1.54, 1.807) is 43.3 Å². The van der Waals surface area contributed by atoms with Gasteiger partial charge in [0.25, 0.3) is 0 Å². The minimum Gasteiger partial charge on any atom is -0.350 e. The first kappa shape index (κ1) is 29.8. The van der Waals surface area contributed by atoms with Crippen molar-refractivity contribution in [2.45, 2.75) is 52.2 Å². The lowest BCUT2D eigenvalue weighted by Crippen LogP contribution is -2.56. The molecule has 3 aromatic carbocycles. The second-order valence-corrected chi connectivity index (χ2v) is 12.6. The number of para-hydroxylation sites is 1. The summed E-state index contributed by atoms with van der Waals surface area (Å²) < 4.78 is 40.4. The molecule has 0 aliphatic carbocycles. The maximum Gasteiger partial charge on any atom is 0.244 e.